The first kappa shape index (κ1) is 15.0. The Bertz CT molecular complexity index is 613. The molecule has 106 valence electrons. The van der Waals surface area contributed by atoms with Gasteiger partial charge in [-0.25, -0.2) is 4.39 Å². The minimum atomic E-state index is -0.289. The normalized spacial score (nSPS) is 12.2. The Morgan fingerprint density at radius 1 is 1.30 bits per heavy atom. The van der Waals surface area contributed by atoms with Gasteiger partial charge in [0.1, 0.15) is 18.2 Å². The number of aryl methyl sites for hydroxylation is 1. The Morgan fingerprint density at radius 2 is 2.05 bits per heavy atom. The Balaban J connectivity index is 2.21. The van der Waals surface area contributed by atoms with E-state index in [9.17, 15) is 4.39 Å². The summed E-state index contributed by atoms with van der Waals surface area (Å²) in [6.07, 6.45) is 0. The molecule has 0 radical (unpaired) electrons. The number of hydrogen-bond acceptors (Lipinski definition) is 2. The van der Waals surface area contributed by atoms with Crippen molar-refractivity contribution in [2.75, 3.05) is 0 Å². The third kappa shape index (κ3) is 3.38. The molecule has 2 aromatic rings. The van der Waals surface area contributed by atoms with E-state index in [2.05, 4.69) is 15.9 Å². The third-order valence-corrected chi connectivity index (χ3v) is 3.96. The maximum absolute atomic E-state index is 13.4. The van der Waals surface area contributed by atoms with Crippen molar-refractivity contribution in [1.29, 1.82) is 0 Å². The van der Waals surface area contributed by atoms with Crippen molar-refractivity contribution >= 4 is 15.9 Å². The van der Waals surface area contributed by atoms with Gasteiger partial charge in [-0.15, -0.1) is 0 Å². The van der Waals surface area contributed by atoms with E-state index in [1.807, 2.05) is 38.1 Å². The van der Waals surface area contributed by atoms with Gasteiger partial charge in [-0.05, 0) is 41.9 Å². The van der Waals surface area contributed by atoms with Crippen molar-refractivity contribution in [3.63, 3.8) is 0 Å². The van der Waals surface area contributed by atoms with Gasteiger partial charge >= 0.3 is 0 Å². The smallest absolute Gasteiger partial charge is 0.137 e. The predicted octanol–water partition coefficient (Wildman–Crippen LogP) is 4.50. The molecule has 0 saturated heterocycles. The molecule has 0 spiro atoms. The van der Waals surface area contributed by atoms with E-state index in [4.69, 9.17) is 10.5 Å². The zero-order valence-corrected chi connectivity index (χ0v) is 13.1. The molecule has 0 aliphatic heterocycles. The summed E-state index contributed by atoms with van der Waals surface area (Å²) in [5, 5.41) is 0. The van der Waals surface area contributed by atoms with Crippen molar-refractivity contribution in [1.82, 2.24) is 0 Å². The first-order valence-electron chi connectivity index (χ1n) is 6.41. The summed E-state index contributed by atoms with van der Waals surface area (Å²) < 4.78 is 19.7. The average Bonchev–Trinajstić information content (AvgIpc) is 2.41. The summed E-state index contributed by atoms with van der Waals surface area (Å²) in [5.41, 5.74) is 8.81. The number of rotatable bonds is 4. The second-order valence-electron chi connectivity index (χ2n) is 4.83. The number of nitrogens with two attached hydrogens (primary N) is 1. The van der Waals surface area contributed by atoms with Crippen molar-refractivity contribution in [2.45, 2.75) is 26.5 Å². The molecule has 4 heteroatoms. The summed E-state index contributed by atoms with van der Waals surface area (Å²) in [6.45, 7) is 4.22. The fourth-order valence-electron chi connectivity index (χ4n) is 1.97. The fourth-order valence-corrected chi connectivity index (χ4v) is 2.35. The van der Waals surface area contributed by atoms with Crippen LogP contribution in [0.3, 0.4) is 0 Å². The SMILES string of the molecule is Cc1ccc(OCc2cccc(F)c2Br)c([C@@H](C)N)c1. The molecule has 0 aliphatic rings. The molecular weight excluding hydrogens is 321 g/mol. The quantitative estimate of drug-likeness (QED) is 0.891. The van der Waals surface area contributed by atoms with Gasteiger partial charge in [0.2, 0.25) is 0 Å². The van der Waals surface area contributed by atoms with Crippen molar-refractivity contribution < 1.29 is 9.13 Å². The third-order valence-electron chi connectivity index (χ3n) is 3.07. The Hall–Kier alpha value is -1.39. The average molecular weight is 338 g/mol. The predicted molar refractivity (Wildman–Crippen MR) is 82.2 cm³/mol. The van der Waals surface area contributed by atoms with Crippen LogP contribution in [0.5, 0.6) is 5.75 Å². The largest absolute Gasteiger partial charge is 0.489 e. The van der Waals surface area contributed by atoms with E-state index in [-0.39, 0.29) is 11.9 Å². The van der Waals surface area contributed by atoms with Crippen molar-refractivity contribution in [2.24, 2.45) is 5.73 Å². The van der Waals surface area contributed by atoms with Crippen LogP contribution in [0.1, 0.15) is 29.7 Å². The summed E-state index contributed by atoms with van der Waals surface area (Å²) in [6, 6.07) is 10.7. The second kappa shape index (κ2) is 6.37. The van der Waals surface area contributed by atoms with Gasteiger partial charge in [0.25, 0.3) is 0 Å². The number of hydrogen-bond donors (Lipinski definition) is 1. The van der Waals surface area contributed by atoms with Gasteiger partial charge < -0.3 is 10.5 Å². The van der Waals surface area contributed by atoms with Gasteiger partial charge in [-0.2, -0.15) is 0 Å². The summed E-state index contributed by atoms with van der Waals surface area (Å²) in [5.74, 6) is 0.448. The molecule has 0 amide bonds. The maximum Gasteiger partial charge on any atom is 0.137 e. The zero-order valence-electron chi connectivity index (χ0n) is 11.5. The van der Waals surface area contributed by atoms with Crippen LogP contribution in [0.4, 0.5) is 4.39 Å². The first-order valence-corrected chi connectivity index (χ1v) is 7.20. The van der Waals surface area contributed by atoms with E-state index >= 15 is 0 Å². The monoisotopic (exact) mass is 337 g/mol. The van der Waals surface area contributed by atoms with Crippen LogP contribution < -0.4 is 10.5 Å². The van der Waals surface area contributed by atoms with E-state index < -0.39 is 0 Å². The molecule has 2 nitrogen and oxygen atoms in total. The van der Waals surface area contributed by atoms with Crippen LogP contribution in [0, 0.1) is 12.7 Å². The fraction of sp³-hybridized carbons (Fsp3) is 0.250. The summed E-state index contributed by atoms with van der Waals surface area (Å²) in [7, 11) is 0. The molecule has 0 fully saturated rings. The highest BCUT2D eigenvalue weighted by Gasteiger charge is 2.10. The number of ether oxygens (including phenoxy) is 1. The van der Waals surface area contributed by atoms with Crippen LogP contribution >= 0.6 is 15.9 Å². The molecule has 0 heterocycles. The molecule has 0 aliphatic carbocycles. The lowest BCUT2D eigenvalue weighted by atomic mass is 10.1. The van der Waals surface area contributed by atoms with Crippen LogP contribution in [-0.4, -0.2) is 0 Å². The molecule has 0 unspecified atom stereocenters. The summed E-state index contributed by atoms with van der Waals surface area (Å²) >= 11 is 3.23. The number of benzene rings is 2. The Morgan fingerprint density at radius 3 is 2.75 bits per heavy atom. The molecule has 1 atom stereocenters. The second-order valence-corrected chi connectivity index (χ2v) is 5.62. The van der Waals surface area contributed by atoms with Gasteiger partial charge in [0, 0.05) is 17.2 Å². The highest BCUT2D eigenvalue weighted by atomic mass is 79.9. The molecule has 2 N–H and O–H groups in total. The molecule has 0 saturated carbocycles. The lowest BCUT2D eigenvalue weighted by molar-refractivity contribution is 0.300. The molecule has 20 heavy (non-hydrogen) atoms. The van der Waals surface area contributed by atoms with Gasteiger partial charge in [0.05, 0.1) is 4.47 Å². The highest BCUT2D eigenvalue weighted by Crippen LogP contribution is 2.27. The van der Waals surface area contributed by atoms with Crippen LogP contribution in [0.2, 0.25) is 0 Å². The highest BCUT2D eigenvalue weighted by molar-refractivity contribution is 9.10. The topological polar surface area (TPSA) is 35.2 Å². The maximum atomic E-state index is 13.4. The Kier molecular flexibility index (Phi) is 4.78. The lowest BCUT2D eigenvalue weighted by Gasteiger charge is -2.15. The molecule has 0 bridgehead atoms. The van der Waals surface area contributed by atoms with E-state index in [0.717, 1.165) is 22.4 Å². The van der Waals surface area contributed by atoms with Crippen LogP contribution in [0.15, 0.2) is 40.9 Å². The minimum Gasteiger partial charge on any atom is -0.489 e. The van der Waals surface area contributed by atoms with Gasteiger partial charge in [-0.3, -0.25) is 0 Å². The standard InChI is InChI=1S/C16H17BrFNO/c1-10-6-7-15(13(8-10)11(2)19)20-9-12-4-3-5-14(18)16(12)17/h3-8,11H,9,19H2,1-2H3/t11-/m1/s1. The van der Waals surface area contributed by atoms with E-state index in [1.165, 1.54) is 6.07 Å². The molecular formula is C16H17BrFNO. The Labute approximate surface area is 126 Å². The zero-order chi connectivity index (χ0) is 14.7. The molecule has 2 rings (SSSR count). The van der Waals surface area contributed by atoms with E-state index in [0.29, 0.717) is 11.1 Å². The van der Waals surface area contributed by atoms with Crippen molar-refractivity contribution in [3.8, 4) is 5.75 Å². The van der Waals surface area contributed by atoms with Crippen LogP contribution in [-0.2, 0) is 6.61 Å². The summed E-state index contributed by atoms with van der Waals surface area (Å²) in [4.78, 5) is 0. The first-order chi connectivity index (χ1) is 9.49. The molecule has 2 aromatic carbocycles. The lowest BCUT2D eigenvalue weighted by Crippen LogP contribution is -2.08. The molecule has 0 aromatic heterocycles. The van der Waals surface area contributed by atoms with Gasteiger partial charge in [0.15, 0.2) is 0 Å². The van der Waals surface area contributed by atoms with Crippen molar-refractivity contribution in [3.05, 3.63) is 63.4 Å². The minimum absolute atomic E-state index is 0.110. The number of halogens is 2. The van der Waals surface area contributed by atoms with E-state index in [1.54, 1.807) is 6.07 Å². The van der Waals surface area contributed by atoms with Gasteiger partial charge in [-0.1, -0.05) is 29.8 Å². The van der Waals surface area contributed by atoms with Crippen LogP contribution in [0.25, 0.3) is 0 Å².